The first-order valence-corrected chi connectivity index (χ1v) is 9.41. The van der Waals surface area contributed by atoms with Crippen LogP contribution in [0.3, 0.4) is 0 Å². The van der Waals surface area contributed by atoms with Gasteiger partial charge in [0.05, 0.1) is 11.1 Å². The van der Waals surface area contributed by atoms with Crippen molar-refractivity contribution in [3.8, 4) is 11.1 Å². The molecule has 0 saturated heterocycles. The van der Waals surface area contributed by atoms with Gasteiger partial charge in [-0.15, -0.1) is 0 Å². The predicted octanol–water partition coefficient (Wildman–Crippen LogP) is 6.73. The van der Waals surface area contributed by atoms with Crippen LogP contribution < -0.4 is 0 Å². The normalized spacial score (nSPS) is 12.4. The summed E-state index contributed by atoms with van der Waals surface area (Å²) in [5.74, 6) is 0. The molecule has 0 saturated carbocycles. The van der Waals surface area contributed by atoms with Crippen LogP contribution in [-0.4, -0.2) is 16.9 Å². The van der Waals surface area contributed by atoms with Crippen LogP contribution >= 0.6 is 0 Å². The highest BCUT2D eigenvalue weighted by Gasteiger charge is 2.36. The van der Waals surface area contributed by atoms with Crippen molar-refractivity contribution < 1.29 is 26.3 Å². The van der Waals surface area contributed by atoms with Gasteiger partial charge in [-0.3, -0.25) is 9.88 Å². The first-order chi connectivity index (χ1) is 14.4. The van der Waals surface area contributed by atoms with Gasteiger partial charge in [-0.25, -0.2) is 0 Å². The van der Waals surface area contributed by atoms with Gasteiger partial charge >= 0.3 is 12.4 Å². The number of aryl methyl sites for hydroxylation is 1. The van der Waals surface area contributed by atoms with E-state index >= 15 is 0 Å². The zero-order valence-corrected chi connectivity index (χ0v) is 16.8. The molecule has 0 radical (unpaired) electrons. The molecule has 0 atom stereocenters. The maximum Gasteiger partial charge on any atom is 0.416 e. The zero-order valence-electron chi connectivity index (χ0n) is 16.8. The number of alkyl halides is 6. The van der Waals surface area contributed by atoms with Crippen molar-refractivity contribution in [2.24, 2.45) is 0 Å². The average molecular weight is 438 g/mol. The van der Waals surface area contributed by atoms with Crippen molar-refractivity contribution in [3.63, 3.8) is 0 Å². The molecule has 1 aromatic heterocycles. The number of nitrogens with zero attached hydrogens (tertiary/aromatic N) is 2. The molecule has 1 heterocycles. The molecule has 2 aromatic carbocycles. The minimum absolute atomic E-state index is 0.0639. The lowest BCUT2D eigenvalue weighted by molar-refractivity contribution is -0.143. The molecule has 2 nitrogen and oxygen atoms in total. The molecular weight excluding hydrogens is 418 g/mol. The molecule has 164 valence electrons. The van der Waals surface area contributed by atoms with Gasteiger partial charge in [-0.05, 0) is 66.1 Å². The van der Waals surface area contributed by atoms with Gasteiger partial charge in [0, 0.05) is 25.5 Å². The highest BCUT2D eigenvalue weighted by molar-refractivity contribution is 5.69. The van der Waals surface area contributed by atoms with E-state index in [2.05, 4.69) is 4.98 Å². The van der Waals surface area contributed by atoms with E-state index in [1.54, 1.807) is 24.3 Å². The van der Waals surface area contributed by atoms with Crippen LogP contribution in [-0.2, 0) is 25.4 Å². The maximum absolute atomic E-state index is 13.1. The van der Waals surface area contributed by atoms with Gasteiger partial charge in [0.15, 0.2) is 0 Å². The molecule has 31 heavy (non-hydrogen) atoms. The van der Waals surface area contributed by atoms with Gasteiger partial charge < -0.3 is 0 Å². The van der Waals surface area contributed by atoms with Crippen LogP contribution in [0.4, 0.5) is 26.3 Å². The number of rotatable bonds is 5. The fourth-order valence-corrected chi connectivity index (χ4v) is 3.46. The van der Waals surface area contributed by atoms with Crippen molar-refractivity contribution in [2.75, 3.05) is 7.05 Å². The van der Waals surface area contributed by atoms with Crippen molar-refractivity contribution in [3.05, 3.63) is 88.7 Å². The third-order valence-electron chi connectivity index (χ3n) is 4.88. The smallest absolute Gasteiger partial charge is 0.298 e. The Balaban J connectivity index is 1.89. The Morgan fingerprint density at radius 2 is 1.42 bits per heavy atom. The molecule has 0 aliphatic carbocycles. The molecule has 0 fully saturated rings. The van der Waals surface area contributed by atoms with Crippen LogP contribution in [0.2, 0.25) is 0 Å². The Kier molecular flexibility index (Phi) is 6.40. The summed E-state index contributed by atoms with van der Waals surface area (Å²) in [6.07, 6.45) is -6.43. The van der Waals surface area contributed by atoms with E-state index in [0.29, 0.717) is 6.54 Å². The minimum atomic E-state index is -4.87. The van der Waals surface area contributed by atoms with E-state index in [-0.39, 0.29) is 18.2 Å². The molecular formula is C23H20F6N2. The Labute approximate surface area is 176 Å². The Hall–Kier alpha value is -2.87. The summed E-state index contributed by atoms with van der Waals surface area (Å²) in [5, 5.41) is 0. The van der Waals surface area contributed by atoms with Crippen molar-refractivity contribution in [2.45, 2.75) is 32.4 Å². The lowest BCUT2D eigenvalue weighted by atomic mass is 9.97. The van der Waals surface area contributed by atoms with E-state index in [1.165, 1.54) is 0 Å². The largest absolute Gasteiger partial charge is 0.416 e. The van der Waals surface area contributed by atoms with Gasteiger partial charge in [-0.2, -0.15) is 26.3 Å². The molecule has 0 unspecified atom stereocenters. The fourth-order valence-electron chi connectivity index (χ4n) is 3.46. The first kappa shape index (κ1) is 22.8. The Bertz CT molecular complexity index is 1020. The number of benzene rings is 2. The number of hydrogen-bond acceptors (Lipinski definition) is 2. The third kappa shape index (κ3) is 5.64. The molecule has 0 amide bonds. The second-order valence-corrected chi connectivity index (χ2v) is 7.43. The van der Waals surface area contributed by atoms with Crippen molar-refractivity contribution in [1.82, 2.24) is 9.88 Å². The van der Waals surface area contributed by atoms with Gasteiger partial charge in [-0.1, -0.05) is 24.3 Å². The monoisotopic (exact) mass is 438 g/mol. The Morgan fingerprint density at radius 3 is 2.00 bits per heavy atom. The molecule has 3 rings (SSSR count). The lowest BCUT2D eigenvalue weighted by Gasteiger charge is -2.21. The second kappa shape index (κ2) is 8.70. The van der Waals surface area contributed by atoms with Crippen LogP contribution in [0.5, 0.6) is 0 Å². The van der Waals surface area contributed by atoms with E-state index in [1.807, 2.05) is 37.3 Å². The van der Waals surface area contributed by atoms with E-state index in [4.69, 9.17) is 0 Å². The summed E-state index contributed by atoms with van der Waals surface area (Å²) in [7, 11) is 1.64. The van der Waals surface area contributed by atoms with Crippen molar-refractivity contribution in [1.29, 1.82) is 0 Å². The zero-order chi connectivity index (χ0) is 22.8. The summed E-state index contributed by atoms with van der Waals surface area (Å²) in [5.41, 5.74) is 1.09. The van der Waals surface area contributed by atoms with Crippen LogP contribution in [0, 0.1) is 6.92 Å². The summed E-state index contributed by atoms with van der Waals surface area (Å²) >= 11 is 0. The minimum Gasteiger partial charge on any atom is -0.298 e. The molecule has 0 aliphatic heterocycles. The first-order valence-electron chi connectivity index (χ1n) is 9.41. The summed E-state index contributed by atoms with van der Waals surface area (Å²) in [6, 6.07) is 11.2. The fraction of sp³-hybridized carbons (Fsp3) is 0.261. The highest BCUT2D eigenvalue weighted by atomic mass is 19.4. The summed E-state index contributed by atoms with van der Waals surface area (Å²) in [6.45, 7) is 2.18. The average Bonchev–Trinajstić information content (AvgIpc) is 2.67. The number of pyridine rings is 1. The van der Waals surface area contributed by atoms with Crippen LogP contribution in [0.25, 0.3) is 11.1 Å². The van der Waals surface area contributed by atoms with Crippen LogP contribution in [0.1, 0.15) is 27.8 Å². The maximum atomic E-state index is 13.1. The highest BCUT2D eigenvalue weighted by Crippen LogP contribution is 2.36. The van der Waals surface area contributed by atoms with Crippen LogP contribution in [0.15, 0.2) is 60.9 Å². The van der Waals surface area contributed by atoms with E-state index in [9.17, 15) is 26.3 Å². The lowest BCUT2D eigenvalue weighted by Crippen LogP contribution is -2.19. The summed E-state index contributed by atoms with van der Waals surface area (Å²) in [4.78, 5) is 5.79. The molecule has 8 heteroatoms. The van der Waals surface area contributed by atoms with Gasteiger partial charge in [0.25, 0.3) is 0 Å². The summed E-state index contributed by atoms with van der Waals surface area (Å²) < 4.78 is 78.7. The standard InChI is InChI=1S/C23H20F6N2/c1-15-5-3-4-6-20(15)21-7-8-30-12-17(21)14-31(2)13-16-9-18(22(24,25)26)11-19(10-16)23(27,28)29/h3-12H,13-14H2,1-2H3. The predicted molar refractivity (Wildman–Crippen MR) is 106 cm³/mol. The topological polar surface area (TPSA) is 16.1 Å². The molecule has 0 spiro atoms. The number of aromatic nitrogens is 1. The molecule has 0 aliphatic rings. The van der Waals surface area contributed by atoms with Crippen molar-refractivity contribution >= 4 is 0 Å². The number of hydrogen-bond donors (Lipinski definition) is 0. The van der Waals surface area contributed by atoms with Gasteiger partial charge in [0.2, 0.25) is 0 Å². The molecule has 0 N–H and O–H groups in total. The Morgan fingerprint density at radius 1 is 0.806 bits per heavy atom. The second-order valence-electron chi connectivity index (χ2n) is 7.43. The molecule has 3 aromatic rings. The van der Waals surface area contributed by atoms with E-state index < -0.39 is 23.5 Å². The van der Waals surface area contributed by atoms with Gasteiger partial charge in [0.1, 0.15) is 0 Å². The third-order valence-corrected chi connectivity index (χ3v) is 4.88. The van der Waals surface area contributed by atoms with E-state index in [0.717, 1.165) is 34.4 Å². The quantitative estimate of drug-likeness (QED) is 0.411. The SMILES string of the molecule is Cc1ccccc1-c1ccncc1CN(C)Cc1cc(C(F)(F)F)cc(C(F)(F)F)c1. The molecule has 0 bridgehead atoms. The number of halogens is 6.